The van der Waals surface area contributed by atoms with Gasteiger partial charge in [-0.2, -0.15) is 0 Å². The standard InChI is InChI=1S/C14H18ClN3O2/c1-16-7-10-5-4-6-11(19-3)14(10)20-9-13-17-8-12(15)18(13)2/h4-6,8,16H,7,9H2,1-3H3. The first-order chi connectivity index (χ1) is 9.67. The van der Waals surface area contributed by atoms with E-state index >= 15 is 0 Å². The summed E-state index contributed by atoms with van der Waals surface area (Å²) in [6.45, 7) is 1.04. The molecule has 0 radical (unpaired) electrons. The summed E-state index contributed by atoms with van der Waals surface area (Å²) in [5, 5.41) is 3.69. The Morgan fingerprint density at radius 3 is 2.80 bits per heavy atom. The molecule has 1 N–H and O–H groups in total. The monoisotopic (exact) mass is 295 g/mol. The van der Waals surface area contributed by atoms with Gasteiger partial charge in [0, 0.05) is 19.2 Å². The first kappa shape index (κ1) is 14.7. The van der Waals surface area contributed by atoms with Crippen molar-refractivity contribution >= 4 is 11.6 Å². The molecule has 0 saturated carbocycles. The van der Waals surface area contributed by atoms with Gasteiger partial charge in [0.05, 0.1) is 13.3 Å². The van der Waals surface area contributed by atoms with Gasteiger partial charge in [-0.1, -0.05) is 23.7 Å². The summed E-state index contributed by atoms with van der Waals surface area (Å²) in [4.78, 5) is 4.21. The number of nitrogens with zero attached hydrogens (tertiary/aromatic N) is 2. The molecule has 2 rings (SSSR count). The largest absolute Gasteiger partial charge is 0.493 e. The van der Waals surface area contributed by atoms with E-state index in [1.165, 1.54) is 0 Å². The number of methoxy groups -OCH3 is 1. The maximum Gasteiger partial charge on any atom is 0.166 e. The molecule has 1 aromatic carbocycles. The lowest BCUT2D eigenvalue weighted by atomic mass is 10.2. The summed E-state index contributed by atoms with van der Waals surface area (Å²) in [6.07, 6.45) is 1.61. The van der Waals surface area contributed by atoms with Gasteiger partial charge in [0.2, 0.25) is 0 Å². The second-order valence-electron chi connectivity index (χ2n) is 4.32. The smallest absolute Gasteiger partial charge is 0.166 e. The van der Waals surface area contributed by atoms with Crippen molar-refractivity contribution in [3.8, 4) is 11.5 Å². The number of benzene rings is 1. The van der Waals surface area contributed by atoms with Crippen LogP contribution < -0.4 is 14.8 Å². The van der Waals surface area contributed by atoms with Crippen molar-refractivity contribution in [1.29, 1.82) is 0 Å². The Morgan fingerprint density at radius 1 is 1.40 bits per heavy atom. The van der Waals surface area contributed by atoms with Gasteiger partial charge < -0.3 is 19.4 Å². The van der Waals surface area contributed by atoms with Gasteiger partial charge in [-0.25, -0.2) is 4.98 Å². The van der Waals surface area contributed by atoms with Crippen LogP contribution in [-0.2, 0) is 20.2 Å². The normalized spacial score (nSPS) is 10.6. The number of ether oxygens (including phenoxy) is 2. The Hall–Kier alpha value is -1.72. The molecule has 0 bridgehead atoms. The van der Waals surface area contributed by atoms with E-state index in [1.54, 1.807) is 17.9 Å². The van der Waals surface area contributed by atoms with Gasteiger partial charge in [0.25, 0.3) is 0 Å². The molecule has 20 heavy (non-hydrogen) atoms. The second kappa shape index (κ2) is 6.63. The van der Waals surface area contributed by atoms with Crippen LogP contribution in [0.25, 0.3) is 0 Å². The van der Waals surface area contributed by atoms with E-state index in [0.29, 0.717) is 24.1 Å². The Morgan fingerprint density at radius 2 is 2.20 bits per heavy atom. The van der Waals surface area contributed by atoms with Crippen LogP contribution in [0.1, 0.15) is 11.4 Å². The molecule has 1 aromatic heterocycles. The van der Waals surface area contributed by atoms with Crippen LogP contribution in [0.15, 0.2) is 24.4 Å². The molecule has 0 atom stereocenters. The van der Waals surface area contributed by atoms with Crippen LogP contribution in [0.4, 0.5) is 0 Å². The maximum atomic E-state index is 5.96. The fraction of sp³-hybridized carbons (Fsp3) is 0.357. The predicted molar refractivity (Wildman–Crippen MR) is 78.3 cm³/mol. The van der Waals surface area contributed by atoms with Gasteiger partial charge in [-0.15, -0.1) is 0 Å². The quantitative estimate of drug-likeness (QED) is 0.889. The molecular formula is C14H18ClN3O2. The minimum absolute atomic E-state index is 0.334. The lowest BCUT2D eigenvalue weighted by Crippen LogP contribution is -2.10. The molecule has 0 spiro atoms. The van der Waals surface area contributed by atoms with Crippen molar-refractivity contribution in [1.82, 2.24) is 14.9 Å². The average Bonchev–Trinajstić information content (AvgIpc) is 2.77. The molecular weight excluding hydrogens is 278 g/mol. The Balaban J connectivity index is 2.21. The zero-order chi connectivity index (χ0) is 14.5. The molecule has 2 aromatic rings. The highest BCUT2D eigenvalue weighted by Crippen LogP contribution is 2.31. The summed E-state index contributed by atoms with van der Waals surface area (Å²) in [6, 6.07) is 5.82. The number of hydrogen-bond donors (Lipinski definition) is 1. The van der Waals surface area contributed by atoms with Crippen LogP contribution in [0.5, 0.6) is 11.5 Å². The van der Waals surface area contributed by atoms with Gasteiger partial charge in [-0.3, -0.25) is 0 Å². The van der Waals surface area contributed by atoms with Crippen LogP contribution >= 0.6 is 11.6 Å². The SMILES string of the molecule is CNCc1cccc(OC)c1OCc1ncc(Cl)n1C. The molecule has 0 amide bonds. The van der Waals surface area contributed by atoms with Crippen LogP contribution in [-0.4, -0.2) is 23.7 Å². The summed E-state index contributed by atoms with van der Waals surface area (Å²) >= 11 is 5.96. The van der Waals surface area contributed by atoms with E-state index in [9.17, 15) is 0 Å². The van der Waals surface area contributed by atoms with Crippen molar-refractivity contribution in [3.63, 3.8) is 0 Å². The predicted octanol–water partition coefficient (Wildman–Crippen LogP) is 2.38. The molecule has 0 aliphatic heterocycles. The number of imidazole rings is 1. The number of hydrogen-bond acceptors (Lipinski definition) is 4. The second-order valence-corrected chi connectivity index (χ2v) is 4.71. The summed E-state index contributed by atoms with van der Waals surface area (Å²) in [5.41, 5.74) is 1.03. The third-order valence-corrected chi connectivity index (χ3v) is 3.37. The topological polar surface area (TPSA) is 48.3 Å². The van der Waals surface area contributed by atoms with Crippen molar-refractivity contribution in [2.24, 2.45) is 7.05 Å². The van der Waals surface area contributed by atoms with Gasteiger partial charge in [-0.05, 0) is 13.1 Å². The third kappa shape index (κ3) is 3.05. The van der Waals surface area contributed by atoms with Crippen molar-refractivity contribution in [2.75, 3.05) is 14.2 Å². The minimum Gasteiger partial charge on any atom is -0.493 e. The Kier molecular flexibility index (Phi) is 4.87. The van der Waals surface area contributed by atoms with Gasteiger partial charge in [0.1, 0.15) is 17.6 Å². The summed E-state index contributed by atoms with van der Waals surface area (Å²) in [7, 11) is 5.37. The lowest BCUT2D eigenvalue weighted by molar-refractivity contribution is 0.270. The maximum absolute atomic E-state index is 5.96. The van der Waals surface area contributed by atoms with Crippen LogP contribution in [0.3, 0.4) is 0 Å². The lowest BCUT2D eigenvalue weighted by Gasteiger charge is -2.14. The van der Waals surface area contributed by atoms with Gasteiger partial charge in [0.15, 0.2) is 11.5 Å². The molecule has 1 heterocycles. The molecule has 5 nitrogen and oxygen atoms in total. The molecule has 0 aliphatic carbocycles. The zero-order valence-corrected chi connectivity index (χ0v) is 12.6. The Labute approximate surface area is 123 Å². The fourth-order valence-electron chi connectivity index (χ4n) is 1.91. The highest BCUT2D eigenvalue weighted by molar-refractivity contribution is 6.29. The molecule has 108 valence electrons. The molecule has 0 aliphatic rings. The number of para-hydroxylation sites is 1. The number of nitrogens with one attached hydrogen (secondary N) is 1. The van der Waals surface area contributed by atoms with E-state index < -0.39 is 0 Å². The van der Waals surface area contributed by atoms with E-state index in [2.05, 4.69) is 10.3 Å². The zero-order valence-electron chi connectivity index (χ0n) is 11.8. The molecule has 0 unspecified atom stereocenters. The first-order valence-corrected chi connectivity index (χ1v) is 6.64. The number of rotatable bonds is 6. The van der Waals surface area contributed by atoms with Crippen molar-refractivity contribution in [3.05, 3.63) is 40.9 Å². The van der Waals surface area contributed by atoms with Crippen molar-refractivity contribution in [2.45, 2.75) is 13.2 Å². The van der Waals surface area contributed by atoms with E-state index in [4.69, 9.17) is 21.1 Å². The van der Waals surface area contributed by atoms with Crippen molar-refractivity contribution < 1.29 is 9.47 Å². The minimum atomic E-state index is 0.334. The van der Waals surface area contributed by atoms with Crippen LogP contribution in [0.2, 0.25) is 5.15 Å². The highest BCUT2D eigenvalue weighted by Gasteiger charge is 2.12. The molecule has 0 fully saturated rings. The highest BCUT2D eigenvalue weighted by atomic mass is 35.5. The van der Waals surface area contributed by atoms with E-state index in [0.717, 1.165) is 17.1 Å². The third-order valence-electron chi connectivity index (χ3n) is 3.02. The molecule has 6 heteroatoms. The summed E-state index contributed by atoms with van der Waals surface area (Å²) in [5.74, 6) is 2.19. The number of aromatic nitrogens is 2. The fourth-order valence-corrected chi connectivity index (χ4v) is 2.06. The molecule has 0 saturated heterocycles. The Bertz CT molecular complexity index is 584. The van der Waals surface area contributed by atoms with E-state index in [-0.39, 0.29) is 0 Å². The van der Waals surface area contributed by atoms with E-state index in [1.807, 2.05) is 32.3 Å². The number of halogens is 1. The van der Waals surface area contributed by atoms with Gasteiger partial charge >= 0.3 is 0 Å². The van der Waals surface area contributed by atoms with Crippen LogP contribution in [0, 0.1) is 0 Å². The summed E-state index contributed by atoms with van der Waals surface area (Å²) < 4.78 is 13.0. The average molecular weight is 296 g/mol. The first-order valence-electron chi connectivity index (χ1n) is 6.26.